The van der Waals surface area contributed by atoms with Crippen LogP contribution >= 0.6 is 11.8 Å². The predicted octanol–water partition coefficient (Wildman–Crippen LogP) is 4.27. The largest absolute Gasteiger partial charge is 0.493 e. The number of nitrogens with zero attached hydrogens (tertiary/aromatic N) is 3. The smallest absolute Gasteiger partial charge is 0.230 e. The van der Waals surface area contributed by atoms with Crippen LogP contribution in [-0.2, 0) is 4.79 Å². The van der Waals surface area contributed by atoms with Crippen molar-refractivity contribution in [2.24, 2.45) is 11.8 Å². The summed E-state index contributed by atoms with van der Waals surface area (Å²) in [7, 11) is 3.23. The van der Waals surface area contributed by atoms with Gasteiger partial charge in [-0.15, -0.1) is 0 Å². The van der Waals surface area contributed by atoms with E-state index in [1.54, 1.807) is 26.6 Å². The minimum absolute atomic E-state index is 0.0467. The maximum absolute atomic E-state index is 12.4. The molecule has 1 unspecified atom stereocenters. The Bertz CT molecular complexity index is 934. The molecular weight excluding hydrogens is 448 g/mol. The average molecular weight is 485 g/mol. The number of piperidine rings is 1. The molecule has 2 heterocycles. The van der Waals surface area contributed by atoms with E-state index in [0.717, 1.165) is 30.1 Å². The van der Waals surface area contributed by atoms with Crippen LogP contribution in [0, 0.1) is 11.8 Å². The van der Waals surface area contributed by atoms with E-state index in [-0.39, 0.29) is 5.91 Å². The van der Waals surface area contributed by atoms with Gasteiger partial charge in [0.25, 0.3) is 0 Å². The van der Waals surface area contributed by atoms with Crippen molar-refractivity contribution in [2.75, 3.05) is 46.2 Å². The standard InChI is InChI=1S/C26H36N4O3S/c1-32-23-10-9-21(12-24(23)33-2)22-14-28-26(29-15-22)34-18-25(31)27-13-20-8-5-11-30(17-20)16-19-6-3-4-7-19/h9-10,12,14-15,19-20H,3-8,11,13,16-18H2,1-2H3,(H,27,31). The maximum Gasteiger partial charge on any atom is 0.230 e. The van der Waals surface area contributed by atoms with Gasteiger partial charge in [0.2, 0.25) is 5.91 Å². The number of nitrogens with one attached hydrogen (secondary N) is 1. The van der Waals surface area contributed by atoms with Crippen LogP contribution in [0.3, 0.4) is 0 Å². The molecule has 4 rings (SSSR count). The van der Waals surface area contributed by atoms with Crippen molar-refractivity contribution in [1.82, 2.24) is 20.2 Å². The molecule has 1 saturated carbocycles. The molecule has 34 heavy (non-hydrogen) atoms. The number of likely N-dealkylation sites (tertiary alicyclic amines) is 1. The number of methoxy groups -OCH3 is 2. The summed E-state index contributed by atoms with van der Waals surface area (Å²) < 4.78 is 10.7. The van der Waals surface area contributed by atoms with Gasteiger partial charge in [-0.25, -0.2) is 9.97 Å². The van der Waals surface area contributed by atoms with Gasteiger partial charge in [0, 0.05) is 37.6 Å². The van der Waals surface area contributed by atoms with Gasteiger partial charge in [-0.3, -0.25) is 4.79 Å². The number of rotatable bonds is 10. The second kappa shape index (κ2) is 12.4. The van der Waals surface area contributed by atoms with Crippen LogP contribution in [0.15, 0.2) is 35.7 Å². The maximum atomic E-state index is 12.4. The van der Waals surface area contributed by atoms with Gasteiger partial charge in [-0.1, -0.05) is 30.7 Å². The summed E-state index contributed by atoms with van der Waals surface area (Å²) in [6.07, 6.45) is 11.6. The first-order valence-electron chi connectivity index (χ1n) is 12.3. The Balaban J connectivity index is 1.20. The molecule has 7 nitrogen and oxygen atoms in total. The first kappa shape index (κ1) is 24.8. The number of aromatic nitrogens is 2. The molecule has 184 valence electrons. The summed E-state index contributed by atoms with van der Waals surface area (Å²) in [6.45, 7) is 4.34. The molecule has 0 radical (unpaired) electrons. The SMILES string of the molecule is COc1ccc(-c2cnc(SCC(=O)NCC3CCCN(CC4CCCC4)C3)nc2)cc1OC. The van der Waals surface area contributed by atoms with Crippen LogP contribution in [0.25, 0.3) is 11.1 Å². The lowest BCUT2D eigenvalue weighted by atomic mass is 9.96. The highest BCUT2D eigenvalue weighted by Gasteiger charge is 2.24. The van der Waals surface area contributed by atoms with Gasteiger partial charge in [0.15, 0.2) is 16.7 Å². The van der Waals surface area contributed by atoms with Gasteiger partial charge in [0.1, 0.15) is 0 Å². The van der Waals surface area contributed by atoms with Gasteiger partial charge in [-0.05, 0) is 61.8 Å². The first-order valence-corrected chi connectivity index (χ1v) is 13.3. The summed E-state index contributed by atoms with van der Waals surface area (Å²) in [6, 6.07) is 5.71. The van der Waals surface area contributed by atoms with E-state index in [1.165, 1.54) is 63.4 Å². The van der Waals surface area contributed by atoms with Gasteiger partial charge >= 0.3 is 0 Å². The number of thioether (sulfide) groups is 1. The second-order valence-corrected chi connectivity index (χ2v) is 10.3. The monoisotopic (exact) mass is 484 g/mol. The molecule has 2 fully saturated rings. The Labute approximate surface area is 207 Å². The Morgan fingerprint density at radius 2 is 1.76 bits per heavy atom. The lowest BCUT2D eigenvalue weighted by Crippen LogP contribution is -2.42. The molecule has 0 bridgehead atoms. The minimum atomic E-state index is 0.0467. The average Bonchev–Trinajstić information content (AvgIpc) is 3.39. The molecule has 1 aromatic carbocycles. The molecule has 1 aliphatic carbocycles. The van der Waals surface area contributed by atoms with Crippen molar-refractivity contribution in [1.29, 1.82) is 0 Å². The number of carbonyl (C=O) groups excluding carboxylic acids is 1. The zero-order valence-corrected chi connectivity index (χ0v) is 21.1. The Morgan fingerprint density at radius 3 is 2.50 bits per heavy atom. The fourth-order valence-electron chi connectivity index (χ4n) is 5.04. The van der Waals surface area contributed by atoms with Crippen molar-refractivity contribution in [3.8, 4) is 22.6 Å². The van der Waals surface area contributed by atoms with E-state index >= 15 is 0 Å². The van der Waals surface area contributed by atoms with Crippen LogP contribution in [0.2, 0.25) is 0 Å². The molecule has 1 N–H and O–H groups in total. The van der Waals surface area contributed by atoms with Crippen LogP contribution in [0.5, 0.6) is 11.5 Å². The van der Waals surface area contributed by atoms with E-state index in [2.05, 4.69) is 20.2 Å². The first-order chi connectivity index (χ1) is 16.6. The number of hydrogen-bond donors (Lipinski definition) is 1. The molecule has 2 aromatic rings. The molecule has 1 atom stereocenters. The number of amides is 1. The van der Waals surface area contributed by atoms with Crippen LogP contribution in [-0.4, -0.2) is 66.9 Å². The minimum Gasteiger partial charge on any atom is -0.493 e. The summed E-state index contributed by atoms with van der Waals surface area (Å²) in [4.78, 5) is 23.9. The number of carbonyl (C=O) groups is 1. The molecule has 2 aliphatic rings. The summed E-state index contributed by atoms with van der Waals surface area (Å²) in [5.41, 5.74) is 1.83. The fourth-order valence-corrected chi connectivity index (χ4v) is 5.65. The highest BCUT2D eigenvalue weighted by atomic mass is 32.2. The van der Waals surface area contributed by atoms with Crippen molar-refractivity contribution >= 4 is 17.7 Å². The van der Waals surface area contributed by atoms with E-state index < -0.39 is 0 Å². The fraction of sp³-hybridized carbons (Fsp3) is 0.577. The van der Waals surface area contributed by atoms with Crippen LogP contribution < -0.4 is 14.8 Å². The highest BCUT2D eigenvalue weighted by molar-refractivity contribution is 7.99. The topological polar surface area (TPSA) is 76.6 Å². The number of benzene rings is 1. The van der Waals surface area contributed by atoms with E-state index in [0.29, 0.717) is 28.3 Å². The Morgan fingerprint density at radius 1 is 1.03 bits per heavy atom. The van der Waals surface area contributed by atoms with Gasteiger partial charge in [0.05, 0.1) is 20.0 Å². The predicted molar refractivity (Wildman–Crippen MR) is 135 cm³/mol. The molecule has 0 spiro atoms. The molecular formula is C26H36N4O3S. The third-order valence-corrected chi connectivity index (χ3v) is 7.74. The van der Waals surface area contributed by atoms with E-state index in [4.69, 9.17) is 9.47 Å². The van der Waals surface area contributed by atoms with Crippen LogP contribution in [0.1, 0.15) is 38.5 Å². The lowest BCUT2D eigenvalue weighted by molar-refractivity contribution is -0.118. The number of hydrogen-bond acceptors (Lipinski definition) is 7. The zero-order chi connectivity index (χ0) is 23.8. The molecule has 8 heteroatoms. The summed E-state index contributed by atoms with van der Waals surface area (Å²) in [5.74, 6) is 3.16. The second-order valence-electron chi connectivity index (χ2n) is 9.34. The normalized spacial score (nSPS) is 19.2. The quantitative estimate of drug-likeness (QED) is 0.399. The van der Waals surface area contributed by atoms with E-state index in [9.17, 15) is 4.79 Å². The highest BCUT2D eigenvalue weighted by Crippen LogP contribution is 2.32. The molecule has 1 aliphatic heterocycles. The van der Waals surface area contributed by atoms with Crippen molar-refractivity contribution < 1.29 is 14.3 Å². The van der Waals surface area contributed by atoms with Crippen molar-refractivity contribution in [3.63, 3.8) is 0 Å². The molecule has 1 saturated heterocycles. The van der Waals surface area contributed by atoms with Gasteiger partial charge < -0.3 is 19.7 Å². The van der Waals surface area contributed by atoms with Crippen LogP contribution in [0.4, 0.5) is 0 Å². The summed E-state index contributed by atoms with van der Waals surface area (Å²) in [5, 5.41) is 3.73. The summed E-state index contributed by atoms with van der Waals surface area (Å²) >= 11 is 1.37. The Kier molecular flexibility index (Phi) is 9.04. The van der Waals surface area contributed by atoms with E-state index in [1.807, 2.05) is 18.2 Å². The van der Waals surface area contributed by atoms with Gasteiger partial charge in [-0.2, -0.15) is 0 Å². The van der Waals surface area contributed by atoms with Crippen molar-refractivity contribution in [3.05, 3.63) is 30.6 Å². The third-order valence-electron chi connectivity index (χ3n) is 6.86. The third kappa shape index (κ3) is 6.85. The lowest BCUT2D eigenvalue weighted by Gasteiger charge is -2.34. The molecule has 1 aromatic heterocycles. The zero-order valence-electron chi connectivity index (χ0n) is 20.3. The molecule has 1 amide bonds. The Hall–Kier alpha value is -2.32. The number of ether oxygens (including phenoxy) is 2. The van der Waals surface area contributed by atoms with Crippen molar-refractivity contribution in [2.45, 2.75) is 43.7 Å².